The first-order chi connectivity index (χ1) is 19.5. The standard InChI is InChI=1S/C35H28O5/c1-24-29(22-25-12-17-30(18-13-25)39-34(37)27-8-4-2-5-9-27)16-21-33(36)32(24)23-26-14-19-31(20-15-26)40-35(38)28-10-6-3-7-11-28/h2-15,17-20,22-24H,16,21H2,1H3. The fourth-order valence-corrected chi connectivity index (χ4v) is 4.60. The predicted molar refractivity (Wildman–Crippen MR) is 155 cm³/mol. The van der Waals surface area contributed by atoms with Crippen molar-refractivity contribution in [2.75, 3.05) is 0 Å². The molecule has 0 amide bonds. The van der Waals surface area contributed by atoms with Crippen molar-refractivity contribution in [2.24, 2.45) is 5.92 Å². The number of hydrogen-bond donors (Lipinski definition) is 0. The molecule has 0 saturated heterocycles. The largest absolute Gasteiger partial charge is 0.423 e. The monoisotopic (exact) mass is 528 g/mol. The van der Waals surface area contributed by atoms with Gasteiger partial charge in [0.15, 0.2) is 5.78 Å². The van der Waals surface area contributed by atoms with Gasteiger partial charge in [-0.1, -0.05) is 79.2 Å². The SMILES string of the molecule is CC1C(=Cc2ccc(OC(=O)c3ccccc3)cc2)CCC(=O)C1=Cc1ccc(OC(=O)c2ccccc2)cc1. The van der Waals surface area contributed by atoms with Crippen LogP contribution in [0.1, 0.15) is 51.6 Å². The van der Waals surface area contributed by atoms with E-state index in [4.69, 9.17) is 9.47 Å². The number of ether oxygens (including phenoxy) is 2. The lowest BCUT2D eigenvalue weighted by atomic mass is 9.79. The molecule has 0 bridgehead atoms. The van der Waals surface area contributed by atoms with Crippen molar-refractivity contribution in [3.05, 3.63) is 143 Å². The quantitative estimate of drug-likeness (QED) is 0.146. The third-order valence-corrected chi connectivity index (χ3v) is 6.86. The van der Waals surface area contributed by atoms with Gasteiger partial charge in [0.25, 0.3) is 0 Å². The molecule has 1 aliphatic carbocycles. The Labute approximate surface area is 233 Å². The molecule has 198 valence electrons. The molecule has 0 heterocycles. The summed E-state index contributed by atoms with van der Waals surface area (Å²) >= 11 is 0. The molecule has 0 aliphatic heterocycles. The molecule has 5 rings (SSSR count). The van der Waals surface area contributed by atoms with Crippen molar-refractivity contribution >= 4 is 29.9 Å². The highest BCUT2D eigenvalue weighted by atomic mass is 16.5. The number of esters is 2. The molecule has 0 radical (unpaired) electrons. The van der Waals surface area contributed by atoms with Gasteiger partial charge in [0.1, 0.15) is 11.5 Å². The molecule has 0 spiro atoms. The normalized spacial score (nSPS) is 17.0. The highest BCUT2D eigenvalue weighted by Crippen LogP contribution is 2.34. The van der Waals surface area contributed by atoms with E-state index in [1.54, 1.807) is 72.8 Å². The Bertz CT molecular complexity index is 1560. The molecule has 40 heavy (non-hydrogen) atoms. The van der Waals surface area contributed by atoms with E-state index in [1.165, 1.54) is 0 Å². The van der Waals surface area contributed by atoms with E-state index < -0.39 is 11.9 Å². The molecule has 1 unspecified atom stereocenters. The van der Waals surface area contributed by atoms with E-state index in [2.05, 4.69) is 6.08 Å². The Morgan fingerprint density at radius 2 is 1.07 bits per heavy atom. The maximum absolute atomic E-state index is 12.8. The number of carbonyl (C=O) groups excluding carboxylic acids is 3. The van der Waals surface area contributed by atoms with Crippen LogP contribution in [0.3, 0.4) is 0 Å². The van der Waals surface area contributed by atoms with E-state index in [9.17, 15) is 14.4 Å². The Balaban J connectivity index is 1.26. The molecule has 0 N–H and O–H groups in total. The van der Waals surface area contributed by atoms with Gasteiger partial charge in [-0.25, -0.2) is 9.59 Å². The molecular formula is C35H28O5. The Morgan fingerprint density at radius 3 is 1.55 bits per heavy atom. The van der Waals surface area contributed by atoms with Crippen LogP contribution in [-0.2, 0) is 4.79 Å². The Kier molecular flexibility index (Phi) is 8.12. The summed E-state index contributed by atoms with van der Waals surface area (Å²) in [5, 5.41) is 0. The number of benzene rings is 4. The minimum Gasteiger partial charge on any atom is -0.423 e. The zero-order valence-corrected chi connectivity index (χ0v) is 22.1. The molecule has 4 aromatic rings. The lowest BCUT2D eigenvalue weighted by Crippen LogP contribution is -2.19. The third-order valence-electron chi connectivity index (χ3n) is 6.86. The van der Waals surface area contributed by atoms with E-state index in [-0.39, 0.29) is 11.7 Å². The summed E-state index contributed by atoms with van der Waals surface area (Å²) in [4.78, 5) is 37.4. The van der Waals surface area contributed by atoms with Gasteiger partial charge in [0, 0.05) is 17.9 Å². The van der Waals surface area contributed by atoms with Crippen LogP contribution in [0.25, 0.3) is 12.2 Å². The van der Waals surface area contributed by atoms with Crippen molar-refractivity contribution in [3.8, 4) is 11.5 Å². The van der Waals surface area contributed by atoms with E-state index in [0.717, 1.165) is 22.3 Å². The topological polar surface area (TPSA) is 69.7 Å². The van der Waals surface area contributed by atoms with Gasteiger partial charge in [-0.3, -0.25) is 4.79 Å². The summed E-state index contributed by atoms with van der Waals surface area (Å²) in [5.74, 6) is 0.182. The molecule has 1 saturated carbocycles. The van der Waals surface area contributed by atoms with Crippen LogP contribution in [-0.4, -0.2) is 17.7 Å². The number of allylic oxidation sites excluding steroid dienone is 2. The van der Waals surface area contributed by atoms with Crippen molar-refractivity contribution in [1.82, 2.24) is 0 Å². The minimum absolute atomic E-state index is 0.0487. The molecule has 1 atom stereocenters. The highest BCUT2D eigenvalue weighted by molar-refractivity contribution is 6.02. The van der Waals surface area contributed by atoms with Crippen molar-refractivity contribution < 1.29 is 23.9 Å². The Morgan fingerprint density at radius 1 is 0.625 bits per heavy atom. The average Bonchev–Trinajstić information content (AvgIpc) is 2.99. The number of carbonyl (C=O) groups is 3. The first-order valence-electron chi connectivity index (χ1n) is 13.2. The zero-order chi connectivity index (χ0) is 27.9. The van der Waals surface area contributed by atoms with Crippen LogP contribution >= 0.6 is 0 Å². The molecule has 5 heteroatoms. The fraction of sp³-hybridized carbons (Fsp3) is 0.114. The summed E-state index contributed by atoms with van der Waals surface area (Å²) < 4.78 is 10.9. The molecule has 0 aromatic heterocycles. The summed E-state index contributed by atoms with van der Waals surface area (Å²) in [6, 6.07) is 32.2. The van der Waals surface area contributed by atoms with Gasteiger partial charge in [-0.2, -0.15) is 0 Å². The number of Topliss-reactive ketones (excluding diaryl/α,β-unsaturated/α-hetero) is 1. The maximum atomic E-state index is 12.8. The number of ketones is 1. The second-order valence-corrected chi connectivity index (χ2v) is 9.61. The summed E-state index contributed by atoms with van der Waals surface area (Å²) in [7, 11) is 0. The van der Waals surface area contributed by atoms with Gasteiger partial charge < -0.3 is 9.47 Å². The zero-order valence-electron chi connectivity index (χ0n) is 22.1. The highest BCUT2D eigenvalue weighted by Gasteiger charge is 2.26. The van der Waals surface area contributed by atoms with Crippen LogP contribution in [0.5, 0.6) is 11.5 Å². The van der Waals surface area contributed by atoms with Crippen LogP contribution in [0, 0.1) is 5.92 Å². The smallest absolute Gasteiger partial charge is 0.343 e. The van der Waals surface area contributed by atoms with Crippen molar-refractivity contribution in [2.45, 2.75) is 19.8 Å². The molecule has 4 aromatic carbocycles. The van der Waals surface area contributed by atoms with Gasteiger partial charge in [0.2, 0.25) is 0 Å². The van der Waals surface area contributed by atoms with E-state index in [0.29, 0.717) is 35.5 Å². The van der Waals surface area contributed by atoms with Crippen LogP contribution in [0.2, 0.25) is 0 Å². The third kappa shape index (κ3) is 6.51. The maximum Gasteiger partial charge on any atom is 0.343 e. The molecule has 1 fully saturated rings. The van der Waals surface area contributed by atoms with Gasteiger partial charge in [0.05, 0.1) is 11.1 Å². The lowest BCUT2D eigenvalue weighted by molar-refractivity contribution is -0.116. The number of hydrogen-bond acceptors (Lipinski definition) is 5. The first-order valence-corrected chi connectivity index (χ1v) is 13.2. The van der Waals surface area contributed by atoms with Gasteiger partial charge in [-0.05, 0) is 72.2 Å². The summed E-state index contributed by atoms with van der Waals surface area (Å²) in [5.41, 5.74) is 4.72. The summed E-state index contributed by atoms with van der Waals surface area (Å²) in [6.45, 7) is 2.04. The van der Waals surface area contributed by atoms with Crippen molar-refractivity contribution in [3.63, 3.8) is 0 Å². The molecule has 1 aliphatic rings. The van der Waals surface area contributed by atoms with E-state index >= 15 is 0 Å². The predicted octanol–water partition coefficient (Wildman–Crippen LogP) is 7.59. The minimum atomic E-state index is -0.417. The first kappa shape index (κ1) is 26.6. The second kappa shape index (κ2) is 12.2. The molecular weight excluding hydrogens is 500 g/mol. The second-order valence-electron chi connectivity index (χ2n) is 9.61. The van der Waals surface area contributed by atoms with Gasteiger partial charge in [-0.15, -0.1) is 0 Å². The lowest BCUT2D eigenvalue weighted by Gasteiger charge is -2.24. The molecule has 5 nitrogen and oxygen atoms in total. The van der Waals surface area contributed by atoms with Gasteiger partial charge >= 0.3 is 11.9 Å². The average molecular weight is 529 g/mol. The van der Waals surface area contributed by atoms with Crippen molar-refractivity contribution in [1.29, 1.82) is 0 Å². The Hall–Kier alpha value is -5.03. The van der Waals surface area contributed by atoms with Crippen LogP contribution < -0.4 is 9.47 Å². The van der Waals surface area contributed by atoms with E-state index in [1.807, 2.05) is 49.4 Å². The fourth-order valence-electron chi connectivity index (χ4n) is 4.60. The summed E-state index contributed by atoms with van der Waals surface area (Å²) in [6.07, 6.45) is 5.15. The van der Waals surface area contributed by atoms with Crippen LogP contribution in [0.4, 0.5) is 0 Å². The number of rotatable bonds is 6. The van der Waals surface area contributed by atoms with Crippen LogP contribution in [0.15, 0.2) is 120 Å².